The number of ether oxygens (including phenoxy) is 1. The molecule has 3 aromatic heterocycles. The number of rotatable bonds is 5. The second-order valence-electron chi connectivity index (χ2n) is 8.08. The van der Waals surface area contributed by atoms with Gasteiger partial charge in [-0.1, -0.05) is 0 Å². The number of carbonyl (C=O) groups is 1. The molecule has 0 radical (unpaired) electrons. The maximum absolute atomic E-state index is 13.5. The Bertz CT molecular complexity index is 1330. The van der Waals surface area contributed by atoms with Crippen LogP contribution in [0.3, 0.4) is 0 Å². The van der Waals surface area contributed by atoms with Crippen molar-refractivity contribution in [3.05, 3.63) is 66.0 Å². The van der Waals surface area contributed by atoms with E-state index in [1.54, 1.807) is 18.3 Å². The Morgan fingerprint density at radius 2 is 1.94 bits per heavy atom. The van der Waals surface area contributed by atoms with Gasteiger partial charge in [-0.15, -0.1) is 0 Å². The fourth-order valence-corrected chi connectivity index (χ4v) is 3.92. The number of aryl methyl sites for hydroxylation is 1. The van der Waals surface area contributed by atoms with Crippen molar-refractivity contribution in [2.75, 3.05) is 18.9 Å². The van der Waals surface area contributed by atoms with Gasteiger partial charge in [0.25, 0.3) is 0 Å². The molecule has 3 N–H and O–H groups in total. The third-order valence-electron chi connectivity index (χ3n) is 5.81. The highest BCUT2D eigenvalue weighted by atomic mass is 19.1. The van der Waals surface area contributed by atoms with E-state index >= 15 is 0 Å². The Labute approximate surface area is 189 Å². The Kier molecular flexibility index (Phi) is 5.47. The number of hydrogen-bond acceptors (Lipinski definition) is 6. The molecule has 0 spiro atoms. The third kappa shape index (κ3) is 4.14. The zero-order valence-corrected chi connectivity index (χ0v) is 18.1. The van der Waals surface area contributed by atoms with E-state index in [-0.39, 0.29) is 30.0 Å². The molecule has 1 aromatic carbocycles. The minimum absolute atomic E-state index is 0.0895. The number of amides is 1. The molecule has 1 amide bonds. The van der Waals surface area contributed by atoms with Crippen LogP contribution in [0.4, 0.5) is 10.2 Å². The highest BCUT2D eigenvalue weighted by molar-refractivity contribution is 5.80. The quantitative estimate of drug-likeness (QED) is 0.488. The van der Waals surface area contributed by atoms with Gasteiger partial charge >= 0.3 is 0 Å². The molecule has 1 aliphatic rings. The monoisotopic (exact) mass is 446 g/mol. The fourth-order valence-electron chi connectivity index (χ4n) is 3.92. The largest absolute Gasteiger partial charge is 0.382 e. The van der Waals surface area contributed by atoms with Crippen LogP contribution in [0, 0.1) is 18.7 Å². The molecular weight excluding hydrogens is 423 g/mol. The van der Waals surface area contributed by atoms with Crippen molar-refractivity contribution in [2.45, 2.75) is 19.9 Å². The van der Waals surface area contributed by atoms with Crippen LogP contribution in [0.2, 0.25) is 0 Å². The SMILES string of the molecule is Cc1cnc2ccc(-c3nc(CNC(=O)[C@H]4CCOC4)c(N)nc3-c3ccc(F)cc3)cn12. The second kappa shape index (κ2) is 8.59. The number of nitrogens with zero attached hydrogens (tertiary/aromatic N) is 4. The molecule has 1 aliphatic heterocycles. The molecular formula is C24H23FN6O2. The molecule has 1 fully saturated rings. The van der Waals surface area contributed by atoms with Gasteiger partial charge in [0, 0.05) is 35.8 Å². The number of anilines is 1. The van der Waals surface area contributed by atoms with Gasteiger partial charge in [-0.2, -0.15) is 0 Å². The lowest BCUT2D eigenvalue weighted by Gasteiger charge is -2.15. The average molecular weight is 446 g/mol. The van der Waals surface area contributed by atoms with Crippen LogP contribution in [0.5, 0.6) is 0 Å². The zero-order chi connectivity index (χ0) is 22.9. The first-order valence-electron chi connectivity index (χ1n) is 10.7. The molecule has 8 nitrogen and oxygen atoms in total. The summed E-state index contributed by atoms with van der Waals surface area (Å²) in [6.45, 7) is 3.13. The number of nitrogens with two attached hydrogens (primary N) is 1. The number of nitrogens with one attached hydrogen (secondary N) is 1. The van der Waals surface area contributed by atoms with Crippen molar-refractivity contribution in [2.24, 2.45) is 5.92 Å². The van der Waals surface area contributed by atoms with Gasteiger partial charge in [0.1, 0.15) is 23.0 Å². The van der Waals surface area contributed by atoms with Crippen LogP contribution in [0.25, 0.3) is 28.2 Å². The van der Waals surface area contributed by atoms with E-state index in [2.05, 4.69) is 15.3 Å². The lowest BCUT2D eigenvalue weighted by Crippen LogP contribution is -2.31. The Hall–Kier alpha value is -3.85. The Balaban J connectivity index is 1.56. The summed E-state index contributed by atoms with van der Waals surface area (Å²) in [4.78, 5) is 26.2. The summed E-state index contributed by atoms with van der Waals surface area (Å²) in [5, 5.41) is 2.90. The maximum Gasteiger partial charge on any atom is 0.225 e. The molecule has 0 bridgehead atoms. The van der Waals surface area contributed by atoms with Gasteiger partial charge in [-0.3, -0.25) is 4.79 Å². The van der Waals surface area contributed by atoms with Gasteiger partial charge in [0.05, 0.1) is 30.5 Å². The van der Waals surface area contributed by atoms with Gasteiger partial charge in [0.2, 0.25) is 5.91 Å². The number of hydrogen-bond donors (Lipinski definition) is 2. The van der Waals surface area contributed by atoms with Crippen LogP contribution in [-0.2, 0) is 16.1 Å². The van der Waals surface area contributed by atoms with E-state index in [0.717, 1.165) is 16.9 Å². The molecule has 4 heterocycles. The zero-order valence-electron chi connectivity index (χ0n) is 18.1. The second-order valence-corrected chi connectivity index (χ2v) is 8.08. The molecule has 4 aromatic rings. The van der Waals surface area contributed by atoms with E-state index in [1.807, 2.05) is 29.7 Å². The third-order valence-corrected chi connectivity index (χ3v) is 5.81. The lowest BCUT2D eigenvalue weighted by atomic mass is 10.0. The smallest absolute Gasteiger partial charge is 0.225 e. The van der Waals surface area contributed by atoms with Crippen molar-refractivity contribution in [1.82, 2.24) is 24.7 Å². The average Bonchev–Trinajstić information content (AvgIpc) is 3.49. The standard InChI is InChI=1S/C24H23FN6O2/c1-14-10-27-20-7-4-16(12-31(14)20)22-21(15-2-5-18(25)6-3-15)30-23(26)19(29-22)11-28-24(32)17-8-9-33-13-17/h2-7,10,12,17H,8-9,11,13H2,1H3,(H2,26,30)(H,28,32)/t17-/m0/s1. The highest BCUT2D eigenvalue weighted by Crippen LogP contribution is 2.31. The van der Waals surface area contributed by atoms with Gasteiger partial charge in [-0.25, -0.2) is 19.3 Å². The number of halogens is 1. The molecule has 0 aliphatic carbocycles. The normalized spacial score (nSPS) is 15.8. The minimum Gasteiger partial charge on any atom is -0.382 e. The Morgan fingerprint density at radius 1 is 1.18 bits per heavy atom. The predicted octanol–water partition coefficient (Wildman–Crippen LogP) is 3.14. The summed E-state index contributed by atoms with van der Waals surface area (Å²) in [7, 11) is 0. The van der Waals surface area contributed by atoms with E-state index in [9.17, 15) is 9.18 Å². The number of fused-ring (bicyclic) bond motifs is 1. The number of aromatic nitrogens is 4. The summed E-state index contributed by atoms with van der Waals surface area (Å²) in [5.74, 6) is -0.384. The number of benzene rings is 1. The fraction of sp³-hybridized carbons (Fsp3) is 0.250. The van der Waals surface area contributed by atoms with E-state index in [4.69, 9.17) is 15.5 Å². The van der Waals surface area contributed by atoms with Gasteiger partial charge in [0.15, 0.2) is 0 Å². The van der Waals surface area contributed by atoms with E-state index < -0.39 is 0 Å². The van der Waals surface area contributed by atoms with E-state index in [1.165, 1.54) is 12.1 Å². The van der Waals surface area contributed by atoms with Gasteiger partial charge < -0.3 is 20.2 Å². The molecule has 33 heavy (non-hydrogen) atoms. The van der Waals surface area contributed by atoms with Crippen LogP contribution in [-0.4, -0.2) is 38.5 Å². The predicted molar refractivity (Wildman–Crippen MR) is 122 cm³/mol. The summed E-state index contributed by atoms with van der Waals surface area (Å²) >= 11 is 0. The molecule has 1 atom stereocenters. The number of imidazole rings is 1. The van der Waals surface area contributed by atoms with E-state index in [0.29, 0.717) is 42.3 Å². The topological polar surface area (TPSA) is 107 Å². The van der Waals surface area contributed by atoms with Crippen LogP contribution >= 0.6 is 0 Å². The highest BCUT2D eigenvalue weighted by Gasteiger charge is 2.24. The van der Waals surface area contributed by atoms with Gasteiger partial charge in [-0.05, 0) is 49.7 Å². The maximum atomic E-state index is 13.5. The summed E-state index contributed by atoms with van der Waals surface area (Å²) in [5.41, 5.74) is 11.1. The lowest BCUT2D eigenvalue weighted by molar-refractivity contribution is -0.125. The molecule has 168 valence electrons. The van der Waals surface area contributed by atoms with Crippen molar-refractivity contribution >= 4 is 17.4 Å². The first-order valence-corrected chi connectivity index (χ1v) is 10.7. The molecule has 0 saturated carbocycles. The van der Waals surface area contributed by atoms with Crippen LogP contribution in [0.1, 0.15) is 17.8 Å². The van der Waals surface area contributed by atoms with Crippen LogP contribution in [0.15, 0.2) is 48.8 Å². The molecule has 5 rings (SSSR count). The summed E-state index contributed by atoms with van der Waals surface area (Å²) in [6.07, 6.45) is 4.43. The van der Waals surface area contributed by atoms with Crippen LogP contribution < -0.4 is 11.1 Å². The van der Waals surface area contributed by atoms with Crippen molar-refractivity contribution < 1.29 is 13.9 Å². The summed E-state index contributed by atoms with van der Waals surface area (Å²) < 4.78 is 20.8. The minimum atomic E-state index is -0.341. The van der Waals surface area contributed by atoms with Crippen molar-refractivity contribution in [3.8, 4) is 22.5 Å². The first-order chi connectivity index (χ1) is 16.0. The van der Waals surface area contributed by atoms with Crippen molar-refractivity contribution in [1.29, 1.82) is 0 Å². The number of pyridine rings is 1. The number of nitrogen functional groups attached to an aromatic ring is 1. The first kappa shape index (κ1) is 21.0. The molecule has 0 unspecified atom stereocenters. The Morgan fingerprint density at radius 3 is 2.70 bits per heavy atom. The molecule has 1 saturated heterocycles. The number of carbonyl (C=O) groups excluding carboxylic acids is 1. The van der Waals surface area contributed by atoms with Crippen molar-refractivity contribution in [3.63, 3.8) is 0 Å². The molecule has 9 heteroatoms. The summed E-state index contributed by atoms with van der Waals surface area (Å²) in [6, 6.07) is 9.84.